The van der Waals surface area contributed by atoms with Gasteiger partial charge in [-0.2, -0.15) is 14.7 Å². The molecule has 0 bridgehead atoms. The minimum atomic E-state index is -3.61. The van der Waals surface area contributed by atoms with E-state index < -0.39 is 10.0 Å². The number of fused-ring (bicyclic) bond motifs is 1. The van der Waals surface area contributed by atoms with Crippen LogP contribution in [0.25, 0.3) is 6.08 Å². The maximum Gasteiger partial charge on any atom is 0.243 e. The van der Waals surface area contributed by atoms with Crippen LogP contribution in [0.3, 0.4) is 0 Å². The van der Waals surface area contributed by atoms with E-state index in [1.807, 2.05) is 30.6 Å². The van der Waals surface area contributed by atoms with Crippen molar-refractivity contribution in [3.8, 4) is 6.07 Å². The lowest BCUT2D eigenvalue weighted by Crippen LogP contribution is -2.46. The molecule has 1 saturated heterocycles. The van der Waals surface area contributed by atoms with E-state index in [0.717, 1.165) is 36.5 Å². The first kappa shape index (κ1) is 20.6. The van der Waals surface area contributed by atoms with Crippen LogP contribution in [0.15, 0.2) is 66.1 Å². The number of hydrogen-bond acceptors (Lipinski definition) is 5. The second kappa shape index (κ2) is 7.98. The number of benzene rings is 1. The van der Waals surface area contributed by atoms with Crippen LogP contribution in [0, 0.1) is 17.2 Å². The van der Waals surface area contributed by atoms with E-state index >= 15 is 0 Å². The maximum atomic E-state index is 13.1. The van der Waals surface area contributed by atoms with Crippen molar-refractivity contribution in [2.75, 3.05) is 19.6 Å². The smallest absolute Gasteiger partial charge is 0.243 e. The number of nitriles is 1. The summed E-state index contributed by atoms with van der Waals surface area (Å²) >= 11 is 0. The highest BCUT2D eigenvalue weighted by molar-refractivity contribution is 7.89. The Bertz CT molecular complexity index is 1300. The van der Waals surface area contributed by atoms with Gasteiger partial charge in [0.1, 0.15) is 18.1 Å². The van der Waals surface area contributed by atoms with Crippen LogP contribution >= 0.6 is 0 Å². The van der Waals surface area contributed by atoms with Gasteiger partial charge in [0.2, 0.25) is 10.0 Å². The van der Waals surface area contributed by atoms with Crippen LogP contribution in [0.1, 0.15) is 24.1 Å². The molecule has 1 fully saturated rings. The maximum absolute atomic E-state index is 13.1. The van der Waals surface area contributed by atoms with Gasteiger partial charge in [0.15, 0.2) is 11.4 Å². The Morgan fingerprint density at radius 1 is 1.22 bits per heavy atom. The van der Waals surface area contributed by atoms with E-state index in [0.29, 0.717) is 29.1 Å². The number of nitrogens with zero attached hydrogens (tertiary/aromatic N) is 5. The van der Waals surface area contributed by atoms with Gasteiger partial charge in [0.25, 0.3) is 0 Å². The van der Waals surface area contributed by atoms with Crippen molar-refractivity contribution < 1.29 is 8.42 Å². The van der Waals surface area contributed by atoms with Crippen molar-refractivity contribution in [3.63, 3.8) is 0 Å². The predicted octanol–water partition coefficient (Wildman–Crippen LogP) is 3.40. The molecule has 32 heavy (non-hydrogen) atoms. The molecule has 1 N–H and O–H groups in total. The second-order valence-electron chi connectivity index (χ2n) is 8.22. The number of aromatic amines is 1. The molecular weight excluding hydrogens is 424 g/mol. The van der Waals surface area contributed by atoms with Gasteiger partial charge in [0, 0.05) is 37.3 Å². The highest BCUT2D eigenvalue weighted by atomic mass is 32.2. The first-order valence-electron chi connectivity index (χ1n) is 10.6. The molecule has 1 aromatic carbocycles. The quantitative estimate of drug-likeness (QED) is 0.604. The zero-order valence-electron chi connectivity index (χ0n) is 17.4. The summed E-state index contributed by atoms with van der Waals surface area (Å²) in [5.74, 6) is 0.331. The van der Waals surface area contributed by atoms with Crippen molar-refractivity contribution >= 4 is 27.5 Å². The summed E-state index contributed by atoms with van der Waals surface area (Å²) in [5, 5.41) is 16.2. The third-order valence-electron chi connectivity index (χ3n) is 6.40. The van der Waals surface area contributed by atoms with Crippen molar-refractivity contribution in [1.29, 1.82) is 5.26 Å². The van der Waals surface area contributed by atoms with Gasteiger partial charge < -0.3 is 0 Å². The van der Waals surface area contributed by atoms with Gasteiger partial charge in [0.05, 0.1) is 29.3 Å². The number of piperidine rings is 1. The molecule has 1 atom stereocenters. The highest BCUT2D eigenvalue weighted by Crippen LogP contribution is 2.43. The molecule has 3 aromatic rings. The summed E-state index contributed by atoms with van der Waals surface area (Å²) in [6, 6.07) is 12.3. The fraction of sp³-hybridized carbons (Fsp3) is 0.261. The first-order chi connectivity index (χ1) is 15.5. The van der Waals surface area contributed by atoms with E-state index in [1.54, 1.807) is 24.4 Å². The standard InChI is InChI=1S/C23H23N6O2S/c24-14-19-3-1-4-21(13-19)32(30,31)28-10-6-18(7-11-28)17-29(20-15-26-27-16-20)12-8-22-23(29)5-2-9-25-22/h1-5,8-9,12-13,15-16,18H,6-7,10-11,17H2,(H,26,27)/q+1. The molecular formula is C23H23N6O2S+. The lowest BCUT2D eigenvalue weighted by molar-refractivity contribution is 0.246. The molecule has 9 heteroatoms. The minimum absolute atomic E-state index is 0.180. The lowest BCUT2D eigenvalue weighted by atomic mass is 9.96. The molecule has 5 rings (SSSR count). The Kier molecular flexibility index (Phi) is 5.13. The topological polar surface area (TPSA) is 103 Å². The van der Waals surface area contributed by atoms with Crippen LogP contribution in [-0.2, 0) is 10.0 Å². The summed E-state index contributed by atoms with van der Waals surface area (Å²) in [5.41, 5.74) is 3.44. The van der Waals surface area contributed by atoms with Crippen molar-refractivity contribution in [2.45, 2.75) is 17.7 Å². The lowest BCUT2D eigenvalue weighted by Gasteiger charge is -2.37. The second-order valence-corrected chi connectivity index (χ2v) is 10.2. The Morgan fingerprint density at radius 3 is 2.81 bits per heavy atom. The Hall–Kier alpha value is -3.32. The van der Waals surface area contributed by atoms with Gasteiger partial charge in [-0.25, -0.2) is 12.9 Å². The van der Waals surface area contributed by atoms with Crippen molar-refractivity contribution in [3.05, 3.63) is 72.4 Å². The molecule has 0 radical (unpaired) electrons. The van der Waals surface area contributed by atoms with Gasteiger partial charge in [-0.15, -0.1) is 0 Å². The normalized spacial score (nSPS) is 21.3. The number of rotatable bonds is 5. The first-order valence-corrected chi connectivity index (χ1v) is 12.0. The van der Waals surface area contributed by atoms with Crippen LogP contribution in [0.2, 0.25) is 0 Å². The van der Waals surface area contributed by atoms with Gasteiger partial charge >= 0.3 is 0 Å². The number of H-pyrrole nitrogens is 1. The predicted molar refractivity (Wildman–Crippen MR) is 121 cm³/mol. The monoisotopic (exact) mass is 447 g/mol. The third-order valence-corrected chi connectivity index (χ3v) is 8.29. The van der Waals surface area contributed by atoms with Crippen molar-refractivity contribution in [1.82, 2.24) is 24.0 Å². The average Bonchev–Trinajstić information content (AvgIpc) is 3.49. The highest BCUT2D eigenvalue weighted by Gasteiger charge is 2.42. The summed E-state index contributed by atoms with van der Waals surface area (Å²) in [6.45, 7) is 1.73. The number of aromatic nitrogens is 3. The molecule has 0 aliphatic carbocycles. The zero-order valence-corrected chi connectivity index (χ0v) is 18.2. The fourth-order valence-electron chi connectivity index (χ4n) is 4.72. The number of nitrogens with one attached hydrogen (secondary N) is 1. The summed E-state index contributed by atoms with van der Waals surface area (Å²) in [6.07, 6.45) is 11.3. The third kappa shape index (κ3) is 3.42. The largest absolute Gasteiger partial charge is 0.279 e. The van der Waals surface area contributed by atoms with Crippen LogP contribution in [0.4, 0.5) is 11.4 Å². The molecule has 0 amide bonds. The van der Waals surface area contributed by atoms with E-state index in [4.69, 9.17) is 5.26 Å². The minimum Gasteiger partial charge on any atom is -0.279 e. The average molecular weight is 448 g/mol. The number of quaternary nitrogens is 1. The summed E-state index contributed by atoms with van der Waals surface area (Å²) in [4.78, 5) is 4.69. The zero-order chi connectivity index (χ0) is 22.2. The van der Waals surface area contributed by atoms with Gasteiger partial charge in [-0.3, -0.25) is 10.1 Å². The van der Waals surface area contributed by atoms with E-state index in [2.05, 4.69) is 27.4 Å². The summed E-state index contributed by atoms with van der Waals surface area (Å²) < 4.78 is 28.3. The number of pyridine rings is 1. The Labute approximate surface area is 187 Å². The SMILES string of the molecule is N#Cc1cccc(S(=O)(=O)N2CCC(C[N+]3(c4cn[nH]c4)C=Cc4ncccc43)CC2)c1. The van der Waals surface area contributed by atoms with Crippen molar-refractivity contribution in [2.24, 2.45) is 5.92 Å². The fourth-order valence-corrected chi connectivity index (χ4v) is 6.24. The van der Waals surface area contributed by atoms with Crippen LogP contribution in [-0.4, -0.2) is 47.5 Å². The number of hydrogen-bond donors (Lipinski definition) is 1. The molecule has 2 aliphatic rings. The molecule has 2 aliphatic heterocycles. The molecule has 2 aromatic heterocycles. The van der Waals surface area contributed by atoms with E-state index in [1.165, 1.54) is 10.4 Å². The van der Waals surface area contributed by atoms with Crippen LogP contribution in [0.5, 0.6) is 0 Å². The molecule has 162 valence electrons. The van der Waals surface area contributed by atoms with Gasteiger partial charge in [-0.05, 0) is 37.1 Å². The van der Waals surface area contributed by atoms with E-state index in [-0.39, 0.29) is 4.90 Å². The van der Waals surface area contributed by atoms with Gasteiger partial charge in [-0.1, -0.05) is 6.07 Å². The summed E-state index contributed by atoms with van der Waals surface area (Å²) in [7, 11) is -3.61. The molecule has 0 saturated carbocycles. The molecule has 4 heterocycles. The Balaban J connectivity index is 1.35. The van der Waals surface area contributed by atoms with E-state index in [9.17, 15) is 8.42 Å². The Morgan fingerprint density at radius 2 is 2.06 bits per heavy atom. The van der Waals surface area contributed by atoms with Crippen LogP contribution < -0.4 is 4.48 Å². The molecule has 1 unspecified atom stereocenters. The molecule has 8 nitrogen and oxygen atoms in total. The number of sulfonamides is 1. The molecule has 0 spiro atoms.